The Morgan fingerprint density at radius 1 is 1.53 bits per heavy atom. The predicted molar refractivity (Wildman–Crippen MR) is 59.8 cm³/mol. The van der Waals surface area contributed by atoms with Crippen molar-refractivity contribution in [3.05, 3.63) is 23.9 Å². The van der Waals surface area contributed by atoms with Gasteiger partial charge in [0.25, 0.3) is 0 Å². The average Bonchev–Trinajstić information content (AvgIpc) is 2.65. The minimum absolute atomic E-state index is 0.268. The summed E-state index contributed by atoms with van der Waals surface area (Å²) in [4.78, 5) is 4.21. The molecule has 1 fully saturated rings. The number of rotatable bonds is 3. The van der Waals surface area contributed by atoms with Crippen LogP contribution in [0.4, 0.5) is 0 Å². The van der Waals surface area contributed by atoms with Crippen LogP contribution in [-0.2, 0) is 0 Å². The number of pyridine rings is 1. The van der Waals surface area contributed by atoms with Crippen molar-refractivity contribution in [3.8, 4) is 5.88 Å². The monoisotopic (exact) mass is 206 g/mol. The average molecular weight is 206 g/mol. The fourth-order valence-corrected chi connectivity index (χ4v) is 2.16. The molecule has 1 aliphatic rings. The fourth-order valence-electron chi connectivity index (χ4n) is 2.16. The van der Waals surface area contributed by atoms with E-state index < -0.39 is 0 Å². The van der Waals surface area contributed by atoms with Gasteiger partial charge in [-0.25, -0.2) is 4.98 Å². The Morgan fingerprint density at radius 3 is 3.13 bits per heavy atom. The molecule has 0 radical (unpaired) electrons. The van der Waals surface area contributed by atoms with Gasteiger partial charge >= 0.3 is 0 Å². The Labute approximate surface area is 90.7 Å². The zero-order valence-electron chi connectivity index (χ0n) is 9.15. The molecule has 2 atom stereocenters. The second-order valence-corrected chi connectivity index (χ2v) is 4.25. The molecule has 2 unspecified atom stereocenters. The molecular formula is C12H18N2O. The third-order valence-electron chi connectivity index (χ3n) is 3.05. The van der Waals surface area contributed by atoms with Gasteiger partial charge in [-0.3, -0.25) is 0 Å². The Morgan fingerprint density at radius 2 is 2.40 bits per heavy atom. The van der Waals surface area contributed by atoms with Gasteiger partial charge < -0.3 is 10.5 Å². The van der Waals surface area contributed by atoms with Crippen molar-refractivity contribution < 1.29 is 4.74 Å². The number of nitrogens with two attached hydrogens (primary N) is 1. The van der Waals surface area contributed by atoms with Crippen LogP contribution in [-0.4, -0.2) is 17.6 Å². The lowest BCUT2D eigenvalue weighted by Gasteiger charge is -2.19. The summed E-state index contributed by atoms with van der Waals surface area (Å²) in [5.74, 6) is 1.24. The van der Waals surface area contributed by atoms with E-state index >= 15 is 0 Å². The van der Waals surface area contributed by atoms with Crippen molar-refractivity contribution in [3.63, 3.8) is 0 Å². The fraction of sp³-hybridized carbons (Fsp3) is 0.583. The molecule has 0 amide bonds. The zero-order chi connectivity index (χ0) is 10.7. The summed E-state index contributed by atoms with van der Waals surface area (Å²) in [6.45, 7) is 2.76. The standard InChI is InChI=1S/C12H18N2O/c1-9-5-6-14-12(7-9)15-11-4-2-3-10(11)8-13/h5-7,10-11H,2-4,8,13H2,1H3. The molecular weight excluding hydrogens is 188 g/mol. The highest BCUT2D eigenvalue weighted by atomic mass is 16.5. The largest absolute Gasteiger partial charge is 0.474 e. The molecule has 2 N–H and O–H groups in total. The lowest BCUT2D eigenvalue weighted by atomic mass is 10.1. The van der Waals surface area contributed by atoms with E-state index in [0.717, 1.165) is 18.8 Å². The molecule has 2 rings (SSSR count). The van der Waals surface area contributed by atoms with Crippen LogP contribution in [0.15, 0.2) is 18.3 Å². The van der Waals surface area contributed by atoms with Gasteiger partial charge in [-0.05, 0) is 44.4 Å². The van der Waals surface area contributed by atoms with Gasteiger partial charge in [0.05, 0.1) is 0 Å². The number of hydrogen-bond acceptors (Lipinski definition) is 3. The van der Waals surface area contributed by atoms with E-state index in [4.69, 9.17) is 10.5 Å². The number of aryl methyl sites for hydroxylation is 1. The van der Waals surface area contributed by atoms with E-state index in [1.54, 1.807) is 6.20 Å². The maximum Gasteiger partial charge on any atom is 0.213 e. The van der Waals surface area contributed by atoms with Crippen LogP contribution in [0, 0.1) is 12.8 Å². The molecule has 1 aliphatic carbocycles. The second kappa shape index (κ2) is 4.62. The van der Waals surface area contributed by atoms with Crippen LogP contribution in [0.25, 0.3) is 0 Å². The van der Waals surface area contributed by atoms with Crippen LogP contribution >= 0.6 is 0 Å². The smallest absolute Gasteiger partial charge is 0.213 e. The molecule has 1 aromatic heterocycles. The number of hydrogen-bond donors (Lipinski definition) is 1. The van der Waals surface area contributed by atoms with Crippen LogP contribution in [0.5, 0.6) is 5.88 Å². The molecule has 0 aromatic carbocycles. The molecule has 3 heteroatoms. The first-order chi connectivity index (χ1) is 7.29. The van der Waals surface area contributed by atoms with E-state index in [-0.39, 0.29) is 6.10 Å². The minimum Gasteiger partial charge on any atom is -0.474 e. The van der Waals surface area contributed by atoms with Crippen LogP contribution in [0.3, 0.4) is 0 Å². The summed E-state index contributed by atoms with van der Waals surface area (Å²) in [7, 11) is 0. The first-order valence-electron chi connectivity index (χ1n) is 5.59. The van der Waals surface area contributed by atoms with Crippen molar-refractivity contribution in [2.45, 2.75) is 32.3 Å². The van der Waals surface area contributed by atoms with Crippen molar-refractivity contribution >= 4 is 0 Å². The molecule has 0 spiro atoms. The summed E-state index contributed by atoms with van der Waals surface area (Å²) in [6, 6.07) is 3.95. The van der Waals surface area contributed by atoms with Gasteiger partial charge in [0.1, 0.15) is 6.10 Å². The number of ether oxygens (including phenoxy) is 1. The first-order valence-corrected chi connectivity index (χ1v) is 5.59. The van der Waals surface area contributed by atoms with E-state index in [0.29, 0.717) is 5.92 Å². The van der Waals surface area contributed by atoms with E-state index in [9.17, 15) is 0 Å². The highest BCUT2D eigenvalue weighted by molar-refractivity contribution is 5.19. The topological polar surface area (TPSA) is 48.1 Å². The minimum atomic E-state index is 0.268. The SMILES string of the molecule is Cc1ccnc(OC2CCCC2CN)c1. The summed E-state index contributed by atoms with van der Waals surface area (Å²) >= 11 is 0. The van der Waals surface area contributed by atoms with Gasteiger partial charge in [0.2, 0.25) is 5.88 Å². The summed E-state index contributed by atoms with van der Waals surface area (Å²) in [5.41, 5.74) is 6.89. The molecule has 0 aliphatic heterocycles. The van der Waals surface area contributed by atoms with Gasteiger partial charge in [-0.15, -0.1) is 0 Å². The quantitative estimate of drug-likeness (QED) is 0.821. The first kappa shape index (κ1) is 10.4. The Bertz CT molecular complexity index is 327. The van der Waals surface area contributed by atoms with Crippen molar-refractivity contribution in [2.24, 2.45) is 11.7 Å². The predicted octanol–water partition coefficient (Wildman–Crippen LogP) is 1.90. The third-order valence-corrected chi connectivity index (χ3v) is 3.05. The normalized spacial score (nSPS) is 25.5. The molecule has 0 saturated heterocycles. The lowest BCUT2D eigenvalue weighted by Crippen LogP contribution is -2.27. The van der Waals surface area contributed by atoms with Crippen LogP contribution in [0.1, 0.15) is 24.8 Å². The zero-order valence-corrected chi connectivity index (χ0v) is 9.15. The molecule has 3 nitrogen and oxygen atoms in total. The molecule has 1 aromatic rings. The summed E-state index contributed by atoms with van der Waals surface area (Å²) in [5, 5.41) is 0. The van der Waals surface area contributed by atoms with Crippen molar-refractivity contribution in [2.75, 3.05) is 6.54 Å². The summed E-state index contributed by atoms with van der Waals surface area (Å²) in [6.07, 6.45) is 5.57. The maximum atomic E-state index is 5.87. The Kier molecular flexibility index (Phi) is 3.21. The number of aromatic nitrogens is 1. The van der Waals surface area contributed by atoms with Gasteiger partial charge in [-0.2, -0.15) is 0 Å². The molecule has 0 bridgehead atoms. The van der Waals surface area contributed by atoms with Crippen molar-refractivity contribution in [1.82, 2.24) is 4.98 Å². The lowest BCUT2D eigenvalue weighted by molar-refractivity contribution is 0.155. The third kappa shape index (κ3) is 2.48. The maximum absolute atomic E-state index is 5.87. The number of nitrogens with zero attached hydrogens (tertiary/aromatic N) is 1. The van der Waals surface area contributed by atoms with Gasteiger partial charge in [-0.1, -0.05) is 0 Å². The van der Waals surface area contributed by atoms with E-state index in [1.165, 1.54) is 18.4 Å². The van der Waals surface area contributed by atoms with Crippen LogP contribution < -0.4 is 10.5 Å². The van der Waals surface area contributed by atoms with Crippen LogP contribution in [0.2, 0.25) is 0 Å². The Hall–Kier alpha value is -1.09. The Balaban J connectivity index is 2.02. The summed E-state index contributed by atoms with van der Waals surface area (Å²) < 4.78 is 5.87. The molecule has 15 heavy (non-hydrogen) atoms. The highest BCUT2D eigenvalue weighted by Crippen LogP contribution is 2.28. The highest BCUT2D eigenvalue weighted by Gasteiger charge is 2.27. The van der Waals surface area contributed by atoms with E-state index in [1.807, 2.05) is 19.1 Å². The molecule has 1 heterocycles. The van der Waals surface area contributed by atoms with Crippen molar-refractivity contribution in [1.29, 1.82) is 0 Å². The second-order valence-electron chi connectivity index (χ2n) is 4.25. The molecule has 82 valence electrons. The van der Waals surface area contributed by atoms with Gasteiger partial charge in [0.15, 0.2) is 0 Å². The van der Waals surface area contributed by atoms with Gasteiger partial charge in [0, 0.05) is 18.2 Å². The van der Waals surface area contributed by atoms with E-state index in [2.05, 4.69) is 4.98 Å². The molecule has 1 saturated carbocycles.